The predicted octanol–water partition coefficient (Wildman–Crippen LogP) is 2.95. The molecule has 0 radical (unpaired) electrons. The van der Waals surface area contributed by atoms with Crippen LogP contribution in [0.15, 0.2) is 53.7 Å². The zero-order valence-corrected chi connectivity index (χ0v) is 17.5. The van der Waals surface area contributed by atoms with E-state index in [0.717, 1.165) is 12.0 Å². The molecule has 7 nitrogen and oxygen atoms in total. The van der Waals surface area contributed by atoms with E-state index in [-0.39, 0.29) is 11.7 Å². The summed E-state index contributed by atoms with van der Waals surface area (Å²) in [6.07, 6.45) is 0.810. The Hall–Kier alpha value is -3.00. The van der Waals surface area contributed by atoms with Gasteiger partial charge in [0.2, 0.25) is 5.91 Å². The first kappa shape index (κ1) is 20.7. The first-order chi connectivity index (χ1) is 14.1. The lowest BCUT2D eigenvalue weighted by Crippen LogP contribution is -2.27. The van der Waals surface area contributed by atoms with Crippen LogP contribution in [0.2, 0.25) is 0 Å². The summed E-state index contributed by atoms with van der Waals surface area (Å²) in [4.78, 5) is 12.1. The maximum atomic E-state index is 12.1. The monoisotopic (exact) mass is 412 g/mol. The van der Waals surface area contributed by atoms with Crippen LogP contribution in [0.25, 0.3) is 11.4 Å². The summed E-state index contributed by atoms with van der Waals surface area (Å²) in [6, 6.07) is 15.7. The van der Waals surface area contributed by atoms with Gasteiger partial charge in [-0.25, -0.2) is 0 Å². The molecule has 3 aromatic rings. The smallest absolute Gasteiger partial charge is 0.230 e. The summed E-state index contributed by atoms with van der Waals surface area (Å²) in [5, 5.41) is 12.1. The molecule has 3 rings (SSSR count). The molecule has 0 aliphatic heterocycles. The van der Waals surface area contributed by atoms with Gasteiger partial charge in [0.25, 0.3) is 0 Å². The van der Waals surface area contributed by atoms with Gasteiger partial charge in [-0.2, -0.15) is 0 Å². The minimum absolute atomic E-state index is 0.0263. The highest BCUT2D eigenvalue weighted by Crippen LogP contribution is 2.32. The fourth-order valence-electron chi connectivity index (χ4n) is 2.84. The summed E-state index contributed by atoms with van der Waals surface area (Å²) in [6.45, 7) is 0.610. The third kappa shape index (κ3) is 5.29. The number of nitrogens with one attached hydrogen (secondary N) is 1. The molecule has 0 atom stereocenters. The van der Waals surface area contributed by atoms with Crippen LogP contribution >= 0.6 is 11.8 Å². The van der Waals surface area contributed by atoms with Crippen LogP contribution < -0.4 is 14.8 Å². The molecule has 8 heteroatoms. The Balaban J connectivity index is 1.56. The van der Waals surface area contributed by atoms with Gasteiger partial charge in [-0.1, -0.05) is 42.1 Å². The Morgan fingerprint density at radius 2 is 1.83 bits per heavy atom. The van der Waals surface area contributed by atoms with E-state index < -0.39 is 0 Å². The molecule has 0 unspecified atom stereocenters. The number of thioether (sulfide) groups is 1. The van der Waals surface area contributed by atoms with E-state index in [0.29, 0.717) is 29.0 Å². The van der Waals surface area contributed by atoms with Crippen molar-refractivity contribution in [2.75, 3.05) is 26.5 Å². The van der Waals surface area contributed by atoms with Crippen LogP contribution in [-0.2, 0) is 18.3 Å². The second kappa shape index (κ2) is 9.97. The lowest BCUT2D eigenvalue weighted by molar-refractivity contribution is -0.118. The van der Waals surface area contributed by atoms with E-state index in [1.54, 1.807) is 14.2 Å². The number of hydrogen-bond donors (Lipinski definition) is 1. The maximum absolute atomic E-state index is 12.1. The molecular formula is C21H24N4O3S. The largest absolute Gasteiger partial charge is 0.493 e. The Morgan fingerprint density at radius 1 is 1.07 bits per heavy atom. The molecule has 1 N–H and O–H groups in total. The summed E-state index contributed by atoms with van der Waals surface area (Å²) in [5.41, 5.74) is 2.06. The highest BCUT2D eigenvalue weighted by atomic mass is 32.2. The number of carbonyl (C=O) groups excluding carboxylic acids is 1. The van der Waals surface area contributed by atoms with Crippen molar-refractivity contribution in [3.8, 4) is 22.9 Å². The van der Waals surface area contributed by atoms with E-state index >= 15 is 0 Å². The molecule has 0 spiro atoms. The number of methoxy groups -OCH3 is 2. The molecule has 152 valence electrons. The topological polar surface area (TPSA) is 78.3 Å². The van der Waals surface area contributed by atoms with Crippen molar-refractivity contribution in [2.24, 2.45) is 7.05 Å². The van der Waals surface area contributed by atoms with Crippen molar-refractivity contribution in [1.82, 2.24) is 20.1 Å². The molecule has 0 fully saturated rings. The molecule has 1 aromatic heterocycles. The summed E-state index contributed by atoms with van der Waals surface area (Å²) < 4.78 is 12.5. The first-order valence-corrected chi connectivity index (χ1v) is 10.2. The van der Waals surface area contributed by atoms with Crippen molar-refractivity contribution < 1.29 is 14.3 Å². The van der Waals surface area contributed by atoms with Gasteiger partial charge in [0.05, 0.1) is 20.0 Å². The molecular weight excluding hydrogens is 388 g/mol. The molecule has 0 aliphatic carbocycles. The number of nitrogens with zero attached hydrogens (tertiary/aromatic N) is 3. The third-order valence-electron chi connectivity index (χ3n) is 4.39. The second-order valence-electron chi connectivity index (χ2n) is 6.31. The lowest BCUT2D eigenvalue weighted by Gasteiger charge is -2.09. The number of rotatable bonds is 9. The van der Waals surface area contributed by atoms with Crippen molar-refractivity contribution in [2.45, 2.75) is 11.6 Å². The lowest BCUT2D eigenvalue weighted by atomic mass is 10.1. The Kier molecular flexibility index (Phi) is 7.13. The summed E-state index contributed by atoms with van der Waals surface area (Å²) in [5.74, 6) is 2.23. The molecule has 1 amide bonds. The van der Waals surface area contributed by atoms with Crippen LogP contribution in [0.3, 0.4) is 0 Å². The highest BCUT2D eigenvalue weighted by Gasteiger charge is 2.15. The van der Waals surface area contributed by atoms with Crippen molar-refractivity contribution in [3.05, 3.63) is 54.1 Å². The SMILES string of the molecule is COc1ccc(-c2nnc(SCC(=O)NCCc3ccccc3)n2C)cc1OC. The fourth-order valence-corrected chi connectivity index (χ4v) is 3.58. The van der Waals surface area contributed by atoms with Crippen LogP contribution in [0.1, 0.15) is 5.56 Å². The molecule has 0 bridgehead atoms. The zero-order chi connectivity index (χ0) is 20.6. The van der Waals surface area contributed by atoms with Crippen molar-refractivity contribution in [1.29, 1.82) is 0 Å². The van der Waals surface area contributed by atoms with Crippen LogP contribution in [0, 0.1) is 0 Å². The second-order valence-corrected chi connectivity index (χ2v) is 7.25. The molecule has 0 saturated heterocycles. The average molecular weight is 413 g/mol. The Morgan fingerprint density at radius 3 is 2.55 bits per heavy atom. The van der Waals surface area contributed by atoms with Crippen molar-refractivity contribution >= 4 is 17.7 Å². The number of benzene rings is 2. The standard InChI is InChI=1S/C21H24N4O3S/c1-25-20(16-9-10-17(27-2)18(13-16)28-3)23-24-21(25)29-14-19(26)22-12-11-15-7-5-4-6-8-15/h4-10,13H,11-12,14H2,1-3H3,(H,22,26). The maximum Gasteiger partial charge on any atom is 0.230 e. The molecule has 0 aliphatic rings. The van der Waals surface area contributed by atoms with E-state index in [1.807, 2.05) is 48.0 Å². The predicted molar refractivity (Wildman–Crippen MR) is 113 cm³/mol. The van der Waals surface area contributed by atoms with Gasteiger partial charge in [0.15, 0.2) is 22.5 Å². The van der Waals surface area contributed by atoms with Crippen LogP contribution in [-0.4, -0.2) is 47.2 Å². The fraction of sp³-hybridized carbons (Fsp3) is 0.286. The van der Waals surface area contributed by atoms with E-state index in [2.05, 4.69) is 27.6 Å². The summed E-state index contributed by atoms with van der Waals surface area (Å²) >= 11 is 1.36. The highest BCUT2D eigenvalue weighted by molar-refractivity contribution is 7.99. The molecule has 1 heterocycles. The number of hydrogen-bond acceptors (Lipinski definition) is 6. The van der Waals surface area contributed by atoms with Gasteiger partial charge < -0.3 is 19.4 Å². The number of aromatic nitrogens is 3. The number of amides is 1. The zero-order valence-electron chi connectivity index (χ0n) is 16.7. The summed E-state index contributed by atoms with van der Waals surface area (Å²) in [7, 11) is 5.07. The van der Waals surface area contributed by atoms with E-state index in [1.165, 1.54) is 17.3 Å². The van der Waals surface area contributed by atoms with Gasteiger partial charge in [0.1, 0.15) is 0 Å². The number of carbonyl (C=O) groups is 1. The van der Waals surface area contributed by atoms with Gasteiger partial charge in [-0.05, 0) is 30.2 Å². The van der Waals surface area contributed by atoms with Crippen LogP contribution in [0.4, 0.5) is 0 Å². The van der Waals surface area contributed by atoms with Gasteiger partial charge in [-0.3, -0.25) is 4.79 Å². The first-order valence-electron chi connectivity index (χ1n) is 9.17. The van der Waals surface area contributed by atoms with E-state index in [9.17, 15) is 4.79 Å². The van der Waals surface area contributed by atoms with Crippen molar-refractivity contribution in [3.63, 3.8) is 0 Å². The Labute approximate surface area is 174 Å². The molecule has 0 saturated carbocycles. The Bertz CT molecular complexity index is 960. The van der Waals surface area contributed by atoms with Gasteiger partial charge in [0, 0.05) is 19.2 Å². The average Bonchev–Trinajstić information content (AvgIpc) is 3.12. The quantitative estimate of drug-likeness (QED) is 0.545. The molecule has 29 heavy (non-hydrogen) atoms. The van der Waals surface area contributed by atoms with E-state index in [4.69, 9.17) is 9.47 Å². The third-order valence-corrected chi connectivity index (χ3v) is 5.41. The van der Waals surface area contributed by atoms with Gasteiger partial charge >= 0.3 is 0 Å². The molecule has 2 aromatic carbocycles. The minimum atomic E-state index is -0.0263. The van der Waals surface area contributed by atoms with Crippen LogP contribution in [0.5, 0.6) is 11.5 Å². The van der Waals surface area contributed by atoms with Gasteiger partial charge in [-0.15, -0.1) is 10.2 Å². The normalized spacial score (nSPS) is 10.6. The minimum Gasteiger partial charge on any atom is -0.493 e. The number of ether oxygens (including phenoxy) is 2.